The van der Waals surface area contributed by atoms with Crippen LogP contribution < -0.4 is 10.5 Å². The third kappa shape index (κ3) is 5.03. The first-order valence-electron chi connectivity index (χ1n) is 7.07. The summed E-state index contributed by atoms with van der Waals surface area (Å²) in [5.74, 6) is -2.34. The van der Waals surface area contributed by atoms with Crippen molar-refractivity contribution in [3.63, 3.8) is 0 Å². The number of hydrogen-bond donors (Lipinski definition) is 2. The molecular weight excluding hydrogens is 406 g/mol. The Balaban J connectivity index is 2.04. The molecule has 0 aliphatic heterocycles. The van der Waals surface area contributed by atoms with Gasteiger partial charge in [-0.3, -0.25) is 14.9 Å². The van der Waals surface area contributed by atoms with Gasteiger partial charge >= 0.3 is 5.97 Å². The molecule has 2 rings (SSSR count). The van der Waals surface area contributed by atoms with Gasteiger partial charge in [0.2, 0.25) is 10.9 Å². The van der Waals surface area contributed by atoms with E-state index in [9.17, 15) is 28.1 Å². The third-order valence-corrected chi connectivity index (χ3v) is 4.23. The number of furan rings is 1. The van der Waals surface area contributed by atoms with Gasteiger partial charge in [-0.1, -0.05) is 11.6 Å². The topological polar surface area (TPSA) is 172 Å². The zero-order chi connectivity index (χ0) is 20.4. The Morgan fingerprint density at radius 3 is 2.52 bits per heavy atom. The predicted octanol–water partition coefficient (Wildman–Crippen LogP) is 1.67. The van der Waals surface area contributed by atoms with Gasteiger partial charge in [0.25, 0.3) is 21.6 Å². The van der Waals surface area contributed by atoms with Gasteiger partial charge < -0.3 is 14.5 Å². The molecule has 1 aromatic heterocycles. The number of rotatable bonds is 6. The first-order chi connectivity index (χ1) is 12.5. The number of esters is 1. The molecule has 27 heavy (non-hydrogen) atoms. The van der Waals surface area contributed by atoms with Crippen LogP contribution in [0, 0.1) is 10.1 Å². The number of primary sulfonamides is 1. The number of amides is 1. The molecule has 3 N–H and O–H groups in total. The molecule has 1 heterocycles. The maximum absolute atomic E-state index is 12.1. The van der Waals surface area contributed by atoms with Crippen LogP contribution >= 0.6 is 11.6 Å². The van der Waals surface area contributed by atoms with E-state index in [1.54, 1.807) is 0 Å². The molecule has 1 atom stereocenters. The average molecular weight is 418 g/mol. The summed E-state index contributed by atoms with van der Waals surface area (Å²) in [6.45, 7) is 1.25. The zero-order valence-corrected chi connectivity index (χ0v) is 15.1. The van der Waals surface area contributed by atoms with Crippen LogP contribution in [0.1, 0.15) is 17.5 Å². The lowest BCUT2D eigenvalue weighted by Gasteiger charge is -2.13. The van der Waals surface area contributed by atoms with E-state index in [1.807, 2.05) is 0 Å². The average Bonchev–Trinajstić information content (AvgIpc) is 3.06. The van der Waals surface area contributed by atoms with Crippen molar-refractivity contribution in [1.29, 1.82) is 0 Å². The lowest BCUT2D eigenvalue weighted by molar-refractivity contribution is -0.384. The molecule has 0 saturated carbocycles. The molecule has 1 aromatic carbocycles. The first kappa shape index (κ1) is 20.4. The van der Waals surface area contributed by atoms with E-state index in [-0.39, 0.29) is 16.4 Å². The second-order valence-corrected chi connectivity index (χ2v) is 7.02. The summed E-state index contributed by atoms with van der Waals surface area (Å²) in [6.07, 6.45) is -1.31. The summed E-state index contributed by atoms with van der Waals surface area (Å²) in [4.78, 5) is 34.0. The minimum absolute atomic E-state index is 0.0738. The maximum atomic E-state index is 12.1. The van der Waals surface area contributed by atoms with Crippen LogP contribution in [0.2, 0.25) is 5.02 Å². The molecule has 0 spiro atoms. The fourth-order valence-electron chi connectivity index (χ4n) is 1.81. The zero-order valence-electron chi connectivity index (χ0n) is 13.5. The smallest absolute Gasteiger partial charge is 0.375 e. The van der Waals surface area contributed by atoms with Crippen LogP contribution in [-0.4, -0.2) is 31.3 Å². The summed E-state index contributed by atoms with van der Waals surface area (Å²) < 4.78 is 31.9. The molecule has 0 aliphatic carbocycles. The van der Waals surface area contributed by atoms with Crippen LogP contribution in [0.3, 0.4) is 0 Å². The molecular formula is C14H12ClN3O8S. The number of hydrogen-bond acceptors (Lipinski definition) is 8. The van der Waals surface area contributed by atoms with Crippen LogP contribution in [0.5, 0.6) is 0 Å². The number of benzene rings is 1. The number of halogens is 1. The van der Waals surface area contributed by atoms with Gasteiger partial charge in [-0.15, -0.1) is 0 Å². The second kappa shape index (κ2) is 7.73. The van der Waals surface area contributed by atoms with E-state index in [0.29, 0.717) is 0 Å². The molecule has 144 valence electrons. The molecule has 2 aromatic rings. The molecule has 13 heteroatoms. The number of ether oxygens (including phenoxy) is 1. The largest absolute Gasteiger partial charge is 0.447 e. The molecule has 11 nitrogen and oxygen atoms in total. The number of sulfonamides is 1. The van der Waals surface area contributed by atoms with Crippen molar-refractivity contribution >= 4 is 44.9 Å². The van der Waals surface area contributed by atoms with Gasteiger partial charge in [0.05, 0.1) is 15.6 Å². The molecule has 0 saturated heterocycles. The Bertz CT molecular complexity index is 1020. The molecule has 0 radical (unpaired) electrons. The molecule has 1 amide bonds. The minimum Gasteiger partial charge on any atom is -0.447 e. The van der Waals surface area contributed by atoms with Crippen molar-refractivity contribution in [2.24, 2.45) is 5.14 Å². The highest BCUT2D eigenvalue weighted by molar-refractivity contribution is 7.89. The minimum atomic E-state index is -4.13. The summed E-state index contributed by atoms with van der Waals surface area (Å²) in [5.41, 5.74) is -0.189. The number of nitro groups is 1. The number of nitrogens with one attached hydrogen (secondary N) is 1. The maximum Gasteiger partial charge on any atom is 0.375 e. The van der Waals surface area contributed by atoms with Crippen molar-refractivity contribution in [3.8, 4) is 0 Å². The normalized spacial score (nSPS) is 12.3. The van der Waals surface area contributed by atoms with Crippen molar-refractivity contribution in [1.82, 2.24) is 0 Å². The number of non-ortho nitro benzene ring substituents is 1. The highest BCUT2D eigenvalue weighted by Gasteiger charge is 2.24. The van der Waals surface area contributed by atoms with Gasteiger partial charge in [-0.25, -0.2) is 18.4 Å². The summed E-state index contributed by atoms with van der Waals surface area (Å²) in [6, 6.07) is 5.40. The number of anilines is 1. The Morgan fingerprint density at radius 2 is 2.00 bits per heavy atom. The quantitative estimate of drug-likeness (QED) is 0.405. The van der Waals surface area contributed by atoms with Gasteiger partial charge in [-0.2, -0.15) is 0 Å². The molecule has 0 fully saturated rings. The standard InChI is InChI=1S/C14H12ClN3O8S/c1-7(25-14(20)11-4-5-12(26-11)27(16,23)24)13(19)17-10-3-2-8(18(21)22)6-9(10)15/h2-7H,1H3,(H,17,19)(H2,16,23,24). The fourth-order valence-corrected chi connectivity index (χ4v) is 2.49. The fraction of sp³-hybridized carbons (Fsp3) is 0.143. The molecule has 0 bridgehead atoms. The van der Waals surface area contributed by atoms with Crippen LogP contribution in [0.4, 0.5) is 11.4 Å². The SMILES string of the molecule is CC(OC(=O)c1ccc(S(N)(=O)=O)o1)C(=O)Nc1ccc([N+](=O)[O-])cc1Cl. The molecule has 0 aliphatic rings. The van der Waals surface area contributed by atoms with Gasteiger partial charge in [0.15, 0.2) is 6.10 Å². The monoisotopic (exact) mass is 417 g/mol. The second-order valence-electron chi connectivity index (χ2n) is 5.12. The first-order valence-corrected chi connectivity index (χ1v) is 9.00. The number of carbonyl (C=O) groups is 2. The summed E-state index contributed by atoms with van der Waals surface area (Å²) >= 11 is 5.86. The van der Waals surface area contributed by atoms with E-state index >= 15 is 0 Å². The van der Waals surface area contributed by atoms with Gasteiger partial charge in [-0.05, 0) is 25.1 Å². The summed E-state index contributed by atoms with van der Waals surface area (Å²) in [7, 11) is -4.13. The Kier molecular flexibility index (Phi) is 5.83. The Labute approximate surface area is 157 Å². The van der Waals surface area contributed by atoms with Crippen molar-refractivity contribution in [2.45, 2.75) is 18.1 Å². The van der Waals surface area contributed by atoms with Gasteiger partial charge in [0, 0.05) is 12.1 Å². The van der Waals surface area contributed by atoms with E-state index in [4.69, 9.17) is 25.9 Å². The van der Waals surface area contributed by atoms with E-state index in [0.717, 1.165) is 24.3 Å². The highest BCUT2D eigenvalue weighted by Crippen LogP contribution is 2.26. The number of nitro benzene ring substituents is 1. The number of nitrogens with two attached hydrogens (primary N) is 1. The highest BCUT2D eigenvalue weighted by atomic mass is 35.5. The predicted molar refractivity (Wildman–Crippen MR) is 91.7 cm³/mol. The van der Waals surface area contributed by atoms with E-state index < -0.39 is 43.8 Å². The van der Waals surface area contributed by atoms with Crippen LogP contribution in [-0.2, 0) is 19.6 Å². The Hall–Kier alpha value is -2.96. The van der Waals surface area contributed by atoms with Crippen LogP contribution in [0.15, 0.2) is 39.8 Å². The van der Waals surface area contributed by atoms with Gasteiger partial charge in [0.1, 0.15) is 0 Å². The van der Waals surface area contributed by atoms with E-state index in [1.165, 1.54) is 13.0 Å². The molecule has 1 unspecified atom stereocenters. The van der Waals surface area contributed by atoms with Crippen molar-refractivity contribution in [2.75, 3.05) is 5.32 Å². The number of nitrogens with zero attached hydrogens (tertiary/aromatic N) is 1. The van der Waals surface area contributed by atoms with Crippen LogP contribution in [0.25, 0.3) is 0 Å². The Morgan fingerprint density at radius 1 is 1.33 bits per heavy atom. The third-order valence-electron chi connectivity index (χ3n) is 3.14. The van der Waals surface area contributed by atoms with E-state index in [2.05, 4.69) is 5.32 Å². The van der Waals surface area contributed by atoms with Crippen molar-refractivity contribution in [3.05, 3.63) is 51.2 Å². The lowest BCUT2D eigenvalue weighted by atomic mass is 10.2. The summed E-state index contributed by atoms with van der Waals surface area (Å²) in [5, 5.41) is 17.1. The van der Waals surface area contributed by atoms with Crippen molar-refractivity contribution < 1.29 is 32.1 Å². The number of carbonyl (C=O) groups excluding carboxylic acids is 2. The lowest BCUT2D eigenvalue weighted by Crippen LogP contribution is -2.30.